The van der Waals surface area contributed by atoms with Gasteiger partial charge in [0.25, 0.3) is 0 Å². The van der Waals surface area contributed by atoms with Crippen molar-refractivity contribution in [1.82, 2.24) is 4.90 Å². The van der Waals surface area contributed by atoms with E-state index < -0.39 is 21.0 Å². The van der Waals surface area contributed by atoms with E-state index in [2.05, 4.69) is 6.58 Å². The minimum absolute atomic E-state index is 0.0412. The van der Waals surface area contributed by atoms with Crippen molar-refractivity contribution >= 4 is 16.1 Å². The molecule has 0 aliphatic carbocycles. The third kappa shape index (κ3) is 5.30. The molecule has 1 atom stereocenters. The first-order valence-corrected chi connectivity index (χ1v) is 7.50. The van der Waals surface area contributed by atoms with Crippen molar-refractivity contribution in [1.29, 1.82) is 0 Å². The molecule has 0 heterocycles. The molecule has 6 nitrogen and oxygen atoms in total. The standard InChI is InChI=1S/C12H23NO5S/c1-6-7-8-12(9-13(4)5,19(15,16)17)18-11(14)10(2)3/h2,6-9H2,1,3-5H3,(H,15,16,17). The number of esters is 1. The van der Waals surface area contributed by atoms with E-state index in [4.69, 9.17) is 4.74 Å². The SMILES string of the molecule is C=C(C)C(=O)OC(CCCC)(CN(C)C)S(=O)(=O)O. The zero-order valence-electron chi connectivity index (χ0n) is 12.0. The molecular weight excluding hydrogens is 270 g/mol. The van der Waals surface area contributed by atoms with Crippen LogP contribution in [0.3, 0.4) is 0 Å². The van der Waals surface area contributed by atoms with Crippen molar-refractivity contribution in [3.63, 3.8) is 0 Å². The number of carbonyl (C=O) groups is 1. The fourth-order valence-corrected chi connectivity index (χ4v) is 2.61. The summed E-state index contributed by atoms with van der Waals surface area (Å²) in [5.74, 6) is -0.824. The van der Waals surface area contributed by atoms with Crippen molar-refractivity contribution in [2.45, 2.75) is 38.0 Å². The Labute approximate surface area is 115 Å². The average molecular weight is 293 g/mol. The Morgan fingerprint density at radius 3 is 2.26 bits per heavy atom. The molecule has 0 bridgehead atoms. The van der Waals surface area contributed by atoms with Gasteiger partial charge in [-0.15, -0.1) is 0 Å². The van der Waals surface area contributed by atoms with E-state index in [-0.39, 0.29) is 18.5 Å². The second-order valence-electron chi connectivity index (χ2n) is 4.90. The lowest BCUT2D eigenvalue weighted by Gasteiger charge is -2.32. The lowest BCUT2D eigenvalue weighted by atomic mass is 10.1. The predicted octanol–water partition coefficient (Wildman–Crippen LogP) is 1.44. The van der Waals surface area contributed by atoms with Gasteiger partial charge in [-0.25, -0.2) is 4.79 Å². The maximum atomic E-state index is 11.7. The lowest BCUT2D eigenvalue weighted by Crippen LogP contribution is -2.50. The third-order valence-corrected chi connectivity index (χ3v) is 3.92. The van der Waals surface area contributed by atoms with Crippen LogP contribution in [0.4, 0.5) is 0 Å². The number of ether oxygens (including phenoxy) is 1. The zero-order chi connectivity index (χ0) is 15.3. The summed E-state index contributed by atoms with van der Waals surface area (Å²) in [6, 6.07) is 0. The van der Waals surface area contributed by atoms with Crippen LogP contribution in [0.15, 0.2) is 12.2 Å². The summed E-state index contributed by atoms with van der Waals surface area (Å²) in [6.07, 6.45) is 1.27. The summed E-state index contributed by atoms with van der Waals surface area (Å²) in [6.45, 7) is 6.61. The molecule has 112 valence electrons. The van der Waals surface area contributed by atoms with Crippen molar-refractivity contribution in [2.75, 3.05) is 20.6 Å². The van der Waals surface area contributed by atoms with Crippen molar-refractivity contribution < 1.29 is 22.5 Å². The molecule has 0 aromatic carbocycles. The highest BCUT2D eigenvalue weighted by atomic mass is 32.2. The maximum absolute atomic E-state index is 11.7. The van der Waals surface area contributed by atoms with E-state index in [1.54, 1.807) is 19.0 Å². The number of unbranched alkanes of at least 4 members (excludes halogenated alkanes) is 1. The predicted molar refractivity (Wildman–Crippen MR) is 73.3 cm³/mol. The Morgan fingerprint density at radius 1 is 1.42 bits per heavy atom. The second-order valence-corrected chi connectivity index (χ2v) is 6.59. The van der Waals surface area contributed by atoms with Crippen LogP contribution in [0.2, 0.25) is 0 Å². The van der Waals surface area contributed by atoms with Gasteiger partial charge in [0.15, 0.2) is 0 Å². The second kappa shape index (κ2) is 7.02. The van der Waals surface area contributed by atoms with E-state index in [9.17, 15) is 17.8 Å². The summed E-state index contributed by atoms with van der Waals surface area (Å²) >= 11 is 0. The Morgan fingerprint density at radius 2 is 1.95 bits per heavy atom. The topological polar surface area (TPSA) is 83.9 Å². The molecule has 0 fully saturated rings. The van der Waals surface area contributed by atoms with E-state index in [1.165, 1.54) is 6.92 Å². The molecule has 0 radical (unpaired) electrons. The fourth-order valence-electron chi connectivity index (χ4n) is 1.61. The maximum Gasteiger partial charge on any atom is 0.334 e. The van der Waals surface area contributed by atoms with Crippen LogP contribution in [0, 0.1) is 0 Å². The van der Waals surface area contributed by atoms with Crippen LogP contribution in [-0.2, 0) is 19.6 Å². The van der Waals surface area contributed by atoms with Gasteiger partial charge < -0.3 is 9.64 Å². The van der Waals surface area contributed by atoms with Gasteiger partial charge >= 0.3 is 16.1 Å². The summed E-state index contributed by atoms with van der Waals surface area (Å²) in [5.41, 5.74) is 0.0864. The molecule has 0 amide bonds. The number of hydrogen-bond donors (Lipinski definition) is 1. The van der Waals surface area contributed by atoms with Crippen LogP contribution >= 0.6 is 0 Å². The van der Waals surface area contributed by atoms with Crippen LogP contribution < -0.4 is 0 Å². The Balaban J connectivity index is 5.48. The number of rotatable bonds is 8. The Bertz CT molecular complexity index is 429. The van der Waals surface area contributed by atoms with Crippen molar-refractivity contribution in [2.24, 2.45) is 0 Å². The summed E-state index contributed by atoms with van der Waals surface area (Å²) in [5, 5.41) is 0. The Hall–Kier alpha value is -0.920. The molecule has 0 spiro atoms. The van der Waals surface area contributed by atoms with E-state index in [0.29, 0.717) is 6.42 Å². The van der Waals surface area contributed by atoms with Gasteiger partial charge in [0.1, 0.15) is 0 Å². The highest BCUT2D eigenvalue weighted by molar-refractivity contribution is 7.87. The molecule has 0 aromatic rings. The highest BCUT2D eigenvalue weighted by Crippen LogP contribution is 2.27. The molecule has 19 heavy (non-hydrogen) atoms. The first kappa shape index (κ1) is 18.1. The molecule has 7 heteroatoms. The van der Waals surface area contributed by atoms with Crippen LogP contribution in [-0.4, -0.2) is 49.4 Å². The lowest BCUT2D eigenvalue weighted by molar-refractivity contribution is -0.149. The van der Waals surface area contributed by atoms with Crippen LogP contribution in [0.5, 0.6) is 0 Å². The van der Waals surface area contributed by atoms with E-state index in [1.807, 2.05) is 6.92 Å². The first-order chi connectivity index (χ1) is 8.55. The van der Waals surface area contributed by atoms with Gasteiger partial charge in [-0.2, -0.15) is 8.42 Å². The number of nitrogens with zero attached hydrogens (tertiary/aromatic N) is 1. The quantitative estimate of drug-likeness (QED) is 0.414. The summed E-state index contributed by atoms with van der Waals surface area (Å²) < 4.78 is 37.9. The van der Waals surface area contributed by atoms with Crippen LogP contribution in [0.25, 0.3) is 0 Å². The van der Waals surface area contributed by atoms with Gasteiger partial charge in [-0.3, -0.25) is 4.55 Å². The summed E-state index contributed by atoms with van der Waals surface area (Å²) in [7, 11) is -1.27. The molecule has 0 aromatic heterocycles. The molecule has 1 N–H and O–H groups in total. The molecule has 0 rings (SSSR count). The minimum atomic E-state index is -4.55. The number of carbonyl (C=O) groups excluding carboxylic acids is 1. The smallest absolute Gasteiger partial charge is 0.334 e. The first-order valence-electron chi connectivity index (χ1n) is 6.06. The molecule has 0 aliphatic rings. The van der Waals surface area contributed by atoms with E-state index >= 15 is 0 Å². The van der Waals surface area contributed by atoms with Crippen molar-refractivity contribution in [3.05, 3.63) is 12.2 Å². The number of likely N-dealkylation sites (N-methyl/N-ethyl adjacent to an activating group) is 1. The van der Waals surface area contributed by atoms with Gasteiger partial charge in [-0.1, -0.05) is 19.9 Å². The molecular formula is C12H23NO5S. The van der Waals surface area contributed by atoms with Gasteiger partial charge in [-0.05, 0) is 27.4 Å². The largest absolute Gasteiger partial charge is 0.435 e. The molecule has 1 unspecified atom stereocenters. The van der Waals surface area contributed by atoms with Gasteiger partial charge in [0, 0.05) is 12.0 Å². The normalized spacial score (nSPS) is 15.1. The number of hydrogen-bond acceptors (Lipinski definition) is 5. The third-order valence-electron chi connectivity index (χ3n) is 2.57. The zero-order valence-corrected chi connectivity index (χ0v) is 12.8. The Kier molecular flexibility index (Phi) is 6.68. The summed E-state index contributed by atoms with van der Waals surface area (Å²) in [4.78, 5) is 11.2. The molecule has 0 saturated carbocycles. The molecule has 0 aliphatic heterocycles. The van der Waals surface area contributed by atoms with Gasteiger partial charge in [0.05, 0.1) is 6.54 Å². The molecule has 0 saturated heterocycles. The fraction of sp³-hybridized carbons (Fsp3) is 0.750. The van der Waals surface area contributed by atoms with Crippen LogP contribution in [0.1, 0.15) is 33.1 Å². The van der Waals surface area contributed by atoms with Crippen molar-refractivity contribution in [3.8, 4) is 0 Å². The van der Waals surface area contributed by atoms with E-state index in [0.717, 1.165) is 6.42 Å². The minimum Gasteiger partial charge on any atom is -0.435 e. The monoisotopic (exact) mass is 293 g/mol. The highest BCUT2D eigenvalue weighted by Gasteiger charge is 2.47. The average Bonchev–Trinajstić information content (AvgIpc) is 2.23. The van der Waals surface area contributed by atoms with Gasteiger partial charge in [0.2, 0.25) is 4.93 Å².